The molecule has 5 nitrogen and oxygen atoms in total. The van der Waals surface area contributed by atoms with Crippen LogP contribution in [0.4, 0.5) is 0 Å². The van der Waals surface area contributed by atoms with Gasteiger partial charge in [0.2, 0.25) is 0 Å². The summed E-state index contributed by atoms with van der Waals surface area (Å²) in [5, 5.41) is 0. The smallest absolute Gasteiger partial charge is 0.341 e. The van der Waals surface area contributed by atoms with Crippen LogP contribution in [0.2, 0.25) is 0 Å². The minimum absolute atomic E-state index is 0. The number of methoxy groups -OCH3 is 1. The molecule has 1 saturated heterocycles. The number of hydrogen-bond donors (Lipinski definition) is 1. The lowest BCUT2D eigenvalue weighted by atomic mass is 9.97. The van der Waals surface area contributed by atoms with Crippen LogP contribution in [-0.4, -0.2) is 37.6 Å². The van der Waals surface area contributed by atoms with Crippen molar-refractivity contribution in [3.63, 3.8) is 0 Å². The highest BCUT2D eigenvalue weighted by molar-refractivity contribution is 5.90. The molecule has 2 N–H and O–H groups in total. The normalized spacial score (nSPS) is 16.8. The van der Waals surface area contributed by atoms with Crippen LogP contribution < -0.4 is 5.73 Å². The van der Waals surface area contributed by atoms with Crippen molar-refractivity contribution in [2.75, 3.05) is 26.7 Å². The molecule has 2 rings (SSSR count). The molecule has 0 saturated carbocycles. The van der Waals surface area contributed by atoms with Crippen LogP contribution >= 0.6 is 12.4 Å². The third-order valence-corrected chi connectivity index (χ3v) is 3.79. The second-order valence-corrected chi connectivity index (χ2v) is 5.13. The number of nitrogens with zero attached hydrogens (tertiary/aromatic N) is 1. The lowest BCUT2D eigenvalue weighted by Gasteiger charge is -2.30. The zero-order valence-corrected chi connectivity index (χ0v) is 12.9. The number of hydrogen-bond acceptors (Lipinski definition) is 5. The number of likely N-dealkylation sites (tertiary alicyclic amines) is 1. The Bertz CT molecular complexity index is 440. The molecule has 0 amide bonds. The van der Waals surface area contributed by atoms with Crippen molar-refractivity contribution in [2.24, 2.45) is 11.7 Å². The Hall–Kier alpha value is -1.04. The lowest BCUT2D eigenvalue weighted by molar-refractivity contribution is 0.0599. The number of carbonyl (C=O) groups is 1. The highest BCUT2D eigenvalue weighted by atomic mass is 35.5. The second kappa shape index (κ2) is 7.67. The van der Waals surface area contributed by atoms with Crippen LogP contribution in [0.1, 0.15) is 34.7 Å². The molecule has 1 aromatic rings. The molecular weight excluding hydrogens is 280 g/mol. The van der Waals surface area contributed by atoms with Gasteiger partial charge in [-0.2, -0.15) is 0 Å². The van der Waals surface area contributed by atoms with E-state index in [1.165, 1.54) is 7.11 Å². The molecule has 0 aromatic carbocycles. The molecule has 1 aliphatic heterocycles. The van der Waals surface area contributed by atoms with E-state index in [2.05, 4.69) is 4.90 Å². The van der Waals surface area contributed by atoms with E-state index >= 15 is 0 Å². The van der Waals surface area contributed by atoms with E-state index in [9.17, 15) is 4.79 Å². The summed E-state index contributed by atoms with van der Waals surface area (Å²) in [6.45, 7) is 5.38. The zero-order valence-electron chi connectivity index (χ0n) is 12.1. The molecule has 0 spiro atoms. The van der Waals surface area contributed by atoms with Gasteiger partial charge in [-0.25, -0.2) is 4.79 Å². The molecule has 20 heavy (non-hydrogen) atoms. The van der Waals surface area contributed by atoms with E-state index in [4.69, 9.17) is 14.9 Å². The zero-order chi connectivity index (χ0) is 13.8. The molecule has 6 heteroatoms. The summed E-state index contributed by atoms with van der Waals surface area (Å²) < 4.78 is 10.3. The minimum Gasteiger partial charge on any atom is -0.465 e. The summed E-state index contributed by atoms with van der Waals surface area (Å²) in [5.74, 6) is 1.76. The summed E-state index contributed by atoms with van der Waals surface area (Å²) in [7, 11) is 1.38. The van der Waals surface area contributed by atoms with Crippen molar-refractivity contribution in [3.8, 4) is 0 Å². The van der Waals surface area contributed by atoms with E-state index in [1.54, 1.807) is 13.0 Å². The first-order chi connectivity index (χ1) is 9.13. The van der Waals surface area contributed by atoms with Gasteiger partial charge in [-0.1, -0.05) is 0 Å². The third kappa shape index (κ3) is 3.98. The Morgan fingerprint density at radius 3 is 2.70 bits per heavy atom. The first kappa shape index (κ1) is 17.0. The van der Waals surface area contributed by atoms with E-state index in [0.717, 1.165) is 44.8 Å². The van der Waals surface area contributed by atoms with Gasteiger partial charge < -0.3 is 14.9 Å². The van der Waals surface area contributed by atoms with Crippen LogP contribution in [0.15, 0.2) is 10.5 Å². The SMILES string of the molecule is COC(=O)c1cc(CN2CCC(CN)CC2)oc1C.Cl. The van der Waals surface area contributed by atoms with Crippen LogP contribution in [0.25, 0.3) is 0 Å². The Kier molecular flexibility index (Phi) is 6.52. The van der Waals surface area contributed by atoms with Gasteiger partial charge in [0.05, 0.1) is 13.7 Å². The van der Waals surface area contributed by atoms with Crippen molar-refractivity contribution >= 4 is 18.4 Å². The fourth-order valence-corrected chi connectivity index (χ4v) is 2.53. The number of ether oxygens (including phenoxy) is 1. The number of esters is 1. The van der Waals surface area contributed by atoms with Gasteiger partial charge in [-0.3, -0.25) is 4.90 Å². The van der Waals surface area contributed by atoms with E-state index in [-0.39, 0.29) is 18.4 Å². The highest BCUT2D eigenvalue weighted by Gasteiger charge is 2.21. The van der Waals surface area contributed by atoms with Crippen LogP contribution in [-0.2, 0) is 11.3 Å². The summed E-state index contributed by atoms with van der Waals surface area (Å²) in [4.78, 5) is 13.9. The Balaban J connectivity index is 0.00000200. The average molecular weight is 303 g/mol. The van der Waals surface area contributed by atoms with E-state index in [1.807, 2.05) is 0 Å². The first-order valence-electron chi connectivity index (χ1n) is 6.74. The molecule has 0 radical (unpaired) electrons. The number of nitrogens with two attached hydrogens (primary N) is 1. The fraction of sp³-hybridized carbons (Fsp3) is 0.643. The predicted molar refractivity (Wildman–Crippen MR) is 79.1 cm³/mol. The van der Waals surface area contributed by atoms with Gasteiger partial charge in [0.15, 0.2) is 0 Å². The molecule has 0 atom stereocenters. The van der Waals surface area contributed by atoms with Crippen LogP contribution in [0, 0.1) is 12.8 Å². The maximum absolute atomic E-state index is 11.5. The Labute approximate surface area is 125 Å². The largest absolute Gasteiger partial charge is 0.465 e. The number of carbonyl (C=O) groups excluding carboxylic acids is 1. The quantitative estimate of drug-likeness (QED) is 0.861. The number of furan rings is 1. The minimum atomic E-state index is -0.339. The summed E-state index contributed by atoms with van der Waals surface area (Å²) in [6, 6.07) is 1.79. The van der Waals surface area contributed by atoms with Crippen molar-refractivity contribution in [1.82, 2.24) is 4.90 Å². The maximum atomic E-state index is 11.5. The molecular formula is C14H23ClN2O3. The van der Waals surface area contributed by atoms with Crippen LogP contribution in [0.3, 0.4) is 0 Å². The van der Waals surface area contributed by atoms with E-state index in [0.29, 0.717) is 17.2 Å². The molecule has 1 fully saturated rings. The molecule has 1 aromatic heterocycles. The van der Waals surface area contributed by atoms with Crippen molar-refractivity contribution in [1.29, 1.82) is 0 Å². The number of aryl methyl sites for hydroxylation is 1. The molecule has 114 valence electrons. The van der Waals surface area contributed by atoms with Gasteiger partial charge in [0.25, 0.3) is 0 Å². The van der Waals surface area contributed by atoms with Gasteiger partial charge >= 0.3 is 5.97 Å². The standard InChI is InChI=1S/C14H22N2O3.ClH/c1-10-13(14(17)18-2)7-12(19-10)9-16-5-3-11(8-15)4-6-16;/h7,11H,3-6,8-9,15H2,1-2H3;1H. The van der Waals surface area contributed by atoms with Gasteiger partial charge in [0, 0.05) is 0 Å². The first-order valence-corrected chi connectivity index (χ1v) is 6.74. The topological polar surface area (TPSA) is 68.7 Å². The van der Waals surface area contributed by atoms with Crippen molar-refractivity contribution in [2.45, 2.75) is 26.3 Å². The highest BCUT2D eigenvalue weighted by Crippen LogP contribution is 2.21. The number of piperidine rings is 1. The number of halogens is 1. The van der Waals surface area contributed by atoms with Gasteiger partial charge in [-0.05, 0) is 51.4 Å². The molecule has 0 bridgehead atoms. The Morgan fingerprint density at radius 2 is 2.15 bits per heavy atom. The Morgan fingerprint density at radius 1 is 1.50 bits per heavy atom. The van der Waals surface area contributed by atoms with Gasteiger partial charge in [0.1, 0.15) is 17.1 Å². The van der Waals surface area contributed by atoms with Crippen LogP contribution in [0.5, 0.6) is 0 Å². The third-order valence-electron chi connectivity index (χ3n) is 3.79. The van der Waals surface area contributed by atoms with Crippen molar-refractivity contribution in [3.05, 3.63) is 23.2 Å². The molecule has 0 aliphatic carbocycles. The summed E-state index contributed by atoms with van der Waals surface area (Å²) in [6.07, 6.45) is 2.28. The lowest BCUT2D eigenvalue weighted by Crippen LogP contribution is -2.35. The molecule has 2 heterocycles. The molecule has 0 unspecified atom stereocenters. The van der Waals surface area contributed by atoms with Gasteiger partial charge in [-0.15, -0.1) is 12.4 Å². The predicted octanol–water partition coefficient (Wildman–Crippen LogP) is 1.97. The number of rotatable bonds is 4. The summed E-state index contributed by atoms with van der Waals surface area (Å²) in [5.41, 5.74) is 6.21. The van der Waals surface area contributed by atoms with E-state index < -0.39 is 0 Å². The average Bonchev–Trinajstić information content (AvgIpc) is 2.79. The monoisotopic (exact) mass is 302 g/mol. The fourth-order valence-electron chi connectivity index (χ4n) is 2.53. The van der Waals surface area contributed by atoms with Crippen molar-refractivity contribution < 1.29 is 13.9 Å². The molecule has 1 aliphatic rings. The maximum Gasteiger partial charge on any atom is 0.341 e. The second-order valence-electron chi connectivity index (χ2n) is 5.13. The summed E-state index contributed by atoms with van der Waals surface area (Å²) >= 11 is 0.